The maximum absolute atomic E-state index is 11.8. The Labute approximate surface area is 97.9 Å². The van der Waals surface area contributed by atoms with Gasteiger partial charge in [0.2, 0.25) is 0 Å². The van der Waals surface area contributed by atoms with Crippen LogP contribution in [-0.4, -0.2) is 56.7 Å². The normalized spacial score (nSPS) is 20.9. The van der Waals surface area contributed by atoms with Crippen molar-refractivity contribution < 1.29 is 14.3 Å². The van der Waals surface area contributed by atoms with Crippen LogP contribution in [0.3, 0.4) is 0 Å². The number of carbonyl (C=O) groups is 1. The summed E-state index contributed by atoms with van der Waals surface area (Å²) in [6.45, 7) is 7.36. The molecule has 1 aliphatic heterocycles. The van der Waals surface area contributed by atoms with Crippen LogP contribution in [-0.2, 0) is 14.3 Å². The minimum Gasteiger partial charge on any atom is -0.381 e. The standard InChI is InChI=1S/C12H23NO3/c1-10(2)16-7-5-13(3)8-12(14)11-4-6-15-9-11/h10-11H,4-9H2,1-3H3. The molecule has 1 unspecified atom stereocenters. The highest BCUT2D eigenvalue weighted by Gasteiger charge is 2.23. The summed E-state index contributed by atoms with van der Waals surface area (Å²) in [5.74, 6) is 0.415. The monoisotopic (exact) mass is 229 g/mol. The molecular weight excluding hydrogens is 206 g/mol. The van der Waals surface area contributed by atoms with Gasteiger partial charge in [-0.1, -0.05) is 0 Å². The third kappa shape index (κ3) is 5.05. The molecule has 4 nitrogen and oxygen atoms in total. The van der Waals surface area contributed by atoms with E-state index in [1.807, 2.05) is 25.8 Å². The third-order valence-electron chi connectivity index (χ3n) is 2.73. The van der Waals surface area contributed by atoms with Gasteiger partial charge in [-0.2, -0.15) is 0 Å². The van der Waals surface area contributed by atoms with Crippen LogP contribution < -0.4 is 0 Å². The predicted molar refractivity (Wildman–Crippen MR) is 62.5 cm³/mol. The van der Waals surface area contributed by atoms with Crippen molar-refractivity contribution in [3.63, 3.8) is 0 Å². The van der Waals surface area contributed by atoms with Crippen molar-refractivity contribution in [1.29, 1.82) is 0 Å². The van der Waals surface area contributed by atoms with Crippen LogP contribution in [0.15, 0.2) is 0 Å². The van der Waals surface area contributed by atoms with Gasteiger partial charge in [-0.05, 0) is 27.3 Å². The second kappa shape index (κ2) is 6.99. The lowest BCUT2D eigenvalue weighted by atomic mass is 10.0. The number of Topliss-reactive ketones (excluding diaryl/α,β-unsaturated/α-hetero) is 1. The molecule has 1 aliphatic rings. The molecule has 16 heavy (non-hydrogen) atoms. The van der Waals surface area contributed by atoms with E-state index in [4.69, 9.17) is 9.47 Å². The van der Waals surface area contributed by atoms with Crippen LogP contribution in [0.4, 0.5) is 0 Å². The summed E-state index contributed by atoms with van der Waals surface area (Å²) in [4.78, 5) is 13.8. The first-order valence-electron chi connectivity index (χ1n) is 6.00. The molecule has 1 saturated heterocycles. The molecule has 1 heterocycles. The maximum atomic E-state index is 11.8. The highest BCUT2D eigenvalue weighted by Crippen LogP contribution is 2.13. The molecule has 1 fully saturated rings. The van der Waals surface area contributed by atoms with Crippen molar-refractivity contribution in [3.8, 4) is 0 Å². The van der Waals surface area contributed by atoms with Crippen LogP contribution in [0.2, 0.25) is 0 Å². The van der Waals surface area contributed by atoms with E-state index in [1.165, 1.54) is 0 Å². The van der Waals surface area contributed by atoms with Crippen LogP contribution >= 0.6 is 0 Å². The van der Waals surface area contributed by atoms with E-state index < -0.39 is 0 Å². The number of hydrogen-bond donors (Lipinski definition) is 0. The van der Waals surface area contributed by atoms with Crippen LogP contribution in [0.5, 0.6) is 0 Å². The van der Waals surface area contributed by atoms with Gasteiger partial charge in [0.25, 0.3) is 0 Å². The highest BCUT2D eigenvalue weighted by molar-refractivity contribution is 5.83. The van der Waals surface area contributed by atoms with Crippen LogP contribution in [0.25, 0.3) is 0 Å². The van der Waals surface area contributed by atoms with Gasteiger partial charge >= 0.3 is 0 Å². The van der Waals surface area contributed by atoms with Gasteiger partial charge in [0.05, 0.1) is 25.9 Å². The summed E-state index contributed by atoms with van der Waals surface area (Å²) in [7, 11) is 1.96. The van der Waals surface area contributed by atoms with Gasteiger partial charge in [-0.15, -0.1) is 0 Å². The molecule has 0 spiro atoms. The van der Waals surface area contributed by atoms with E-state index in [-0.39, 0.29) is 12.0 Å². The molecule has 0 saturated carbocycles. The number of nitrogens with zero attached hydrogens (tertiary/aromatic N) is 1. The molecule has 0 aromatic carbocycles. The van der Waals surface area contributed by atoms with E-state index in [0.717, 1.165) is 19.6 Å². The predicted octanol–water partition coefficient (Wildman–Crippen LogP) is 0.949. The smallest absolute Gasteiger partial charge is 0.152 e. The topological polar surface area (TPSA) is 38.8 Å². The molecular formula is C12H23NO3. The second-order valence-electron chi connectivity index (χ2n) is 4.68. The van der Waals surface area contributed by atoms with Gasteiger partial charge < -0.3 is 9.47 Å². The minimum absolute atomic E-state index is 0.119. The highest BCUT2D eigenvalue weighted by atomic mass is 16.5. The fourth-order valence-corrected chi connectivity index (χ4v) is 1.71. The van der Waals surface area contributed by atoms with Crippen molar-refractivity contribution >= 4 is 5.78 Å². The molecule has 0 radical (unpaired) electrons. The fraction of sp³-hybridized carbons (Fsp3) is 0.917. The molecule has 0 aromatic rings. The molecule has 0 bridgehead atoms. The lowest BCUT2D eigenvalue weighted by molar-refractivity contribution is -0.123. The lowest BCUT2D eigenvalue weighted by Crippen LogP contribution is -2.33. The zero-order chi connectivity index (χ0) is 12.0. The first kappa shape index (κ1) is 13.6. The Morgan fingerprint density at radius 2 is 2.31 bits per heavy atom. The first-order valence-corrected chi connectivity index (χ1v) is 6.00. The molecule has 94 valence electrons. The van der Waals surface area contributed by atoms with E-state index in [1.54, 1.807) is 0 Å². The molecule has 0 N–H and O–H groups in total. The second-order valence-corrected chi connectivity index (χ2v) is 4.68. The minimum atomic E-state index is 0.119. The van der Waals surface area contributed by atoms with Gasteiger partial charge in [0.15, 0.2) is 5.78 Å². The molecule has 0 amide bonds. The van der Waals surface area contributed by atoms with E-state index >= 15 is 0 Å². The summed E-state index contributed by atoms with van der Waals surface area (Å²) in [5.41, 5.74) is 0. The quantitative estimate of drug-likeness (QED) is 0.651. The van der Waals surface area contributed by atoms with Crippen molar-refractivity contribution in [2.24, 2.45) is 5.92 Å². The van der Waals surface area contributed by atoms with Crippen molar-refractivity contribution in [2.75, 3.05) is 40.0 Å². The Morgan fingerprint density at radius 1 is 1.56 bits per heavy atom. The summed E-state index contributed by atoms with van der Waals surface area (Å²) in [5, 5.41) is 0. The molecule has 0 aliphatic carbocycles. The summed E-state index contributed by atoms with van der Waals surface area (Å²) in [6.07, 6.45) is 1.14. The van der Waals surface area contributed by atoms with Crippen molar-refractivity contribution in [3.05, 3.63) is 0 Å². The largest absolute Gasteiger partial charge is 0.381 e. The number of ether oxygens (including phenoxy) is 2. The van der Waals surface area contributed by atoms with E-state index in [9.17, 15) is 4.79 Å². The van der Waals surface area contributed by atoms with Crippen LogP contribution in [0.1, 0.15) is 20.3 Å². The Balaban J connectivity index is 2.12. The maximum Gasteiger partial charge on any atom is 0.152 e. The first-order chi connectivity index (χ1) is 7.59. The third-order valence-corrected chi connectivity index (χ3v) is 2.73. The van der Waals surface area contributed by atoms with Gasteiger partial charge in [-0.3, -0.25) is 9.69 Å². The Hall–Kier alpha value is -0.450. The molecule has 1 rings (SSSR count). The lowest BCUT2D eigenvalue weighted by Gasteiger charge is -2.18. The Morgan fingerprint density at radius 3 is 2.88 bits per heavy atom. The van der Waals surface area contributed by atoms with Crippen LogP contribution in [0, 0.1) is 5.92 Å². The molecule has 1 atom stereocenters. The van der Waals surface area contributed by atoms with Crippen molar-refractivity contribution in [1.82, 2.24) is 4.90 Å². The summed E-state index contributed by atoms with van der Waals surface area (Å²) in [6, 6.07) is 0. The van der Waals surface area contributed by atoms with E-state index in [0.29, 0.717) is 25.5 Å². The van der Waals surface area contributed by atoms with E-state index in [2.05, 4.69) is 0 Å². The average Bonchev–Trinajstić information content (AvgIpc) is 2.69. The SMILES string of the molecule is CC(C)OCCN(C)CC(=O)C1CCOC1. The molecule has 4 heteroatoms. The zero-order valence-electron chi connectivity index (χ0n) is 10.6. The summed E-state index contributed by atoms with van der Waals surface area (Å²) < 4.78 is 10.7. The zero-order valence-corrected chi connectivity index (χ0v) is 10.6. The number of carbonyl (C=O) groups excluding carboxylic acids is 1. The van der Waals surface area contributed by atoms with Gasteiger partial charge in [0, 0.05) is 19.1 Å². The molecule has 0 aromatic heterocycles. The van der Waals surface area contributed by atoms with Gasteiger partial charge in [-0.25, -0.2) is 0 Å². The Bertz CT molecular complexity index is 212. The van der Waals surface area contributed by atoms with Gasteiger partial charge in [0.1, 0.15) is 0 Å². The summed E-state index contributed by atoms with van der Waals surface area (Å²) >= 11 is 0. The number of hydrogen-bond acceptors (Lipinski definition) is 4. The number of rotatable bonds is 7. The fourth-order valence-electron chi connectivity index (χ4n) is 1.71. The number of likely N-dealkylation sites (N-methyl/N-ethyl adjacent to an activating group) is 1. The van der Waals surface area contributed by atoms with Crippen molar-refractivity contribution in [2.45, 2.75) is 26.4 Å². The Kier molecular flexibility index (Phi) is 5.95. The number of ketones is 1. The average molecular weight is 229 g/mol.